The van der Waals surface area contributed by atoms with Crippen molar-refractivity contribution in [3.63, 3.8) is 0 Å². The minimum Gasteiger partial charge on any atom is -0.368 e. The minimum absolute atomic E-state index is 0.237. The smallest absolute Gasteiger partial charge is 0.177 e. The third kappa shape index (κ3) is 4.16. The summed E-state index contributed by atoms with van der Waals surface area (Å²) in [4.78, 5) is 13.9. The highest BCUT2D eigenvalue weighted by molar-refractivity contribution is 7.90. The van der Waals surface area contributed by atoms with E-state index in [-0.39, 0.29) is 4.90 Å². The van der Waals surface area contributed by atoms with E-state index < -0.39 is 9.84 Å². The van der Waals surface area contributed by atoms with Crippen LogP contribution in [0.15, 0.2) is 65.7 Å². The number of aryl methyl sites for hydroxylation is 1. The van der Waals surface area contributed by atoms with Crippen molar-refractivity contribution in [2.45, 2.75) is 4.90 Å². The lowest BCUT2D eigenvalue weighted by Gasteiger charge is -2.37. The maximum Gasteiger partial charge on any atom is 0.177 e. The molecule has 0 atom stereocenters. The molecule has 0 radical (unpaired) electrons. The lowest BCUT2D eigenvalue weighted by atomic mass is 10.1. The number of para-hydroxylation sites is 2. The molecule has 0 N–H and O–H groups in total. The Balaban J connectivity index is 1.36. The van der Waals surface area contributed by atoms with Crippen molar-refractivity contribution in [3.8, 4) is 11.4 Å². The summed E-state index contributed by atoms with van der Waals surface area (Å²) in [6, 6.07) is 17.5. The maximum atomic E-state index is 11.7. The second-order valence-electron chi connectivity index (χ2n) is 8.25. The van der Waals surface area contributed by atoms with Crippen molar-refractivity contribution >= 4 is 44.0 Å². The summed E-state index contributed by atoms with van der Waals surface area (Å²) in [6.45, 7) is 3.21. The Labute approximate surface area is 198 Å². The molecule has 0 saturated carbocycles. The normalized spacial score (nSPS) is 14.8. The fraction of sp³-hybridized carbons (Fsp3) is 0.250. The van der Waals surface area contributed by atoms with Gasteiger partial charge in [-0.2, -0.15) is 0 Å². The van der Waals surface area contributed by atoms with E-state index in [2.05, 4.69) is 31.5 Å². The molecule has 1 aliphatic heterocycles. The van der Waals surface area contributed by atoms with E-state index in [4.69, 9.17) is 16.6 Å². The lowest BCUT2D eigenvalue weighted by Crippen LogP contribution is -2.46. The molecule has 0 bridgehead atoms. The number of aromatic nitrogens is 3. The van der Waals surface area contributed by atoms with Gasteiger partial charge in [0.1, 0.15) is 11.6 Å². The topological polar surface area (TPSA) is 71.3 Å². The Hall–Kier alpha value is -3.10. The first-order valence-corrected chi connectivity index (χ1v) is 13.0. The molecule has 0 aliphatic carbocycles. The van der Waals surface area contributed by atoms with E-state index in [0.717, 1.165) is 60.1 Å². The Kier molecular flexibility index (Phi) is 5.50. The third-order valence-corrected chi connectivity index (χ3v) is 7.52. The van der Waals surface area contributed by atoms with E-state index in [1.54, 1.807) is 12.1 Å². The number of fused-ring (bicyclic) bond motifs is 1. The molecule has 4 aromatic rings. The van der Waals surface area contributed by atoms with Gasteiger partial charge < -0.3 is 14.4 Å². The molecule has 0 unspecified atom stereocenters. The molecule has 33 heavy (non-hydrogen) atoms. The zero-order valence-corrected chi connectivity index (χ0v) is 20.0. The van der Waals surface area contributed by atoms with Crippen LogP contribution in [0.3, 0.4) is 0 Å². The number of hydrogen-bond donors (Lipinski definition) is 0. The van der Waals surface area contributed by atoms with Gasteiger partial charge in [-0.3, -0.25) is 0 Å². The lowest BCUT2D eigenvalue weighted by molar-refractivity contribution is 0.601. The second kappa shape index (κ2) is 8.35. The first-order chi connectivity index (χ1) is 15.8. The van der Waals surface area contributed by atoms with Crippen molar-refractivity contribution in [1.29, 1.82) is 0 Å². The molecule has 7 nitrogen and oxygen atoms in total. The average molecular weight is 482 g/mol. The predicted molar refractivity (Wildman–Crippen MR) is 133 cm³/mol. The van der Waals surface area contributed by atoms with Gasteiger partial charge >= 0.3 is 0 Å². The molecule has 170 valence electrons. The molecule has 2 aromatic carbocycles. The summed E-state index contributed by atoms with van der Waals surface area (Å²) in [5, 5.41) is 0.672. The standard InChI is InChI=1S/C24H24ClN5O2S/c1-28-22-6-4-3-5-21(22)27-24(28)19-15-17(7-9-20(19)25)29-11-13-30(14-12-29)23-10-8-18(16-26-23)33(2,31)32/h3-10,15-16H,11-14H2,1-2H3. The zero-order valence-electron chi connectivity index (χ0n) is 18.4. The van der Waals surface area contributed by atoms with Gasteiger partial charge in [0.25, 0.3) is 0 Å². The monoisotopic (exact) mass is 481 g/mol. The van der Waals surface area contributed by atoms with Gasteiger partial charge in [0, 0.05) is 56.9 Å². The summed E-state index contributed by atoms with van der Waals surface area (Å²) in [5.74, 6) is 1.63. The van der Waals surface area contributed by atoms with Gasteiger partial charge in [-0.15, -0.1) is 0 Å². The van der Waals surface area contributed by atoms with Crippen molar-refractivity contribution in [3.05, 3.63) is 65.8 Å². The van der Waals surface area contributed by atoms with E-state index in [1.807, 2.05) is 37.4 Å². The van der Waals surface area contributed by atoms with Crippen molar-refractivity contribution in [2.75, 3.05) is 42.2 Å². The number of rotatable bonds is 4. The summed E-state index contributed by atoms with van der Waals surface area (Å²) in [6.07, 6.45) is 2.62. The first-order valence-electron chi connectivity index (χ1n) is 10.7. The molecule has 2 aromatic heterocycles. The number of hydrogen-bond acceptors (Lipinski definition) is 6. The number of sulfone groups is 1. The number of anilines is 2. The van der Waals surface area contributed by atoms with Gasteiger partial charge in [0.15, 0.2) is 9.84 Å². The number of nitrogens with zero attached hydrogens (tertiary/aromatic N) is 5. The van der Waals surface area contributed by atoms with Crippen LogP contribution in [0.5, 0.6) is 0 Å². The summed E-state index contributed by atoms with van der Waals surface area (Å²) in [5.41, 5.74) is 4.02. The van der Waals surface area contributed by atoms with Crippen LogP contribution < -0.4 is 9.80 Å². The average Bonchev–Trinajstić information content (AvgIpc) is 3.15. The molecule has 1 aliphatic rings. The molecule has 1 fully saturated rings. The number of piperazine rings is 1. The molecule has 5 rings (SSSR count). The largest absolute Gasteiger partial charge is 0.368 e. The molecule has 0 spiro atoms. The SMILES string of the molecule is Cn1c(-c2cc(N3CCN(c4ccc(S(C)(=O)=O)cn4)CC3)ccc2Cl)nc2ccccc21. The number of imidazole rings is 1. The Morgan fingerprint density at radius 2 is 1.67 bits per heavy atom. The van der Waals surface area contributed by atoms with Crippen LogP contribution in [0, 0.1) is 0 Å². The minimum atomic E-state index is -3.24. The highest BCUT2D eigenvalue weighted by atomic mass is 35.5. The Morgan fingerprint density at radius 1 is 0.939 bits per heavy atom. The molecule has 1 saturated heterocycles. The quantitative estimate of drug-likeness (QED) is 0.438. The maximum absolute atomic E-state index is 11.7. The Morgan fingerprint density at radius 3 is 2.33 bits per heavy atom. The van der Waals surface area contributed by atoms with Crippen LogP contribution in [-0.2, 0) is 16.9 Å². The van der Waals surface area contributed by atoms with Gasteiger partial charge in [0.05, 0.1) is 21.0 Å². The number of halogens is 1. The van der Waals surface area contributed by atoms with Crippen molar-refractivity contribution in [2.24, 2.45) is 7.05 Å². The molecule has 9 heteroatoms. The van der Waals surface area contributed by atoms with E-state index >= 15 is 0 Å². The third-order valence-electron chi connectivity index (χ3n) is 6.10. The zero-order chi connectivity index (χ0) is 23.2. The van der Waals surface area contributed by atoms with E-state index in [0.29, 0.717) is 5.02 Å². The van der Waals surface area contributed by atoms with E-state index in [1.165, 1.54) is 12.5 Å². The molecule has 0 amide bonds. The van der Waals surface area contributed by atoms with Crippen LogP contribution >= 0.6 is 11.6 Å². The van der Waals surface area contributed by atoms with Gasteiger partial charge in [0.2, 0.25) is 0 Å². The number of pyridine rings is 1. The summed E-state index contributed by atoms with van der Waals surface area (Å²) < 4.78 is 25.4. The molecular weight excluding hydrogens is 458 g/mol. The van der Waals surface area contributed by atoms with Crippen LogP contribution in [0.2, 0.25) is 5.02 Å². The number of benzene rings is 2. The summed E-state index contributed by atoms with van der Waals surface area (Å²) in [7, 11) is -1.24. The fourth-order valence-electron chi connectivity index (χ4n) is 4.24. The van der Waals surface area contributed by atoms with Gasteiger partial charge in [-0.05, 0) is 42.5 Å². The van der Waals surface area contributed by atoms with E-state index in [9.17, 15) is 8.42 Å². The van der Waals surface area contributed by atoms with Crippen LogP contribution in [0.25, 0.3) is 22.4 Å². The van der Waals surface area contributed by atoms with Crippen LogP contribution in [0.4, 0.5) is 11.5 Å². The molecule has 3 heterocycles. The highest BCUT2D eigenvalue weighted by Crippen LogP contribution is 2.33. The summed E-state index contributed by atoms with van der Waals surface area (Å²) >= 11 is 6.59. The fourth-order valence-corrected chi connectivity index (χ4v) is 5.00. The molecular formula is C24H24ClN5O2S. The highest BCUT2D eigenvalue weighted by Gasteiger charge is 2.21. The van der Waals surface area contributed by atoms with Crippen molar-refractivity contribution in [1.82, 2.24) is 14.5 Å². The first kappa shape index (κ1) is 21.7. The van der Waals surface area contributed by atoms with Crippen molar-refractivity contribution < 1.29 is 8.42 Å². The Bertz CT molecular complexity index is 1430. The van der Waals surface area contributed by atoms with Gasteiger partial charge in [-0.1, -0.05) is 23.7 Å². The van der Waals surface area contributed by atoms with Crippen LogP contribution in [-0.4, -0.2) is 55.4 Å². The predicted octanol–water partition coefficient (Wildman–Crippen LogP) is 4.02. The van der Waals surface area contributed by atoms with Gasteiger partial charge in [-0.25, -0.2) is 18.4 Å². The van der Waals surface area contributed by atoms with Crippen LogP contribution in [0.1, 0.15) is 0 Å². The second-order valence-corrected chi connectivity index (χ2v) is 10.7.